The van der Waals surface area contributed by atoms with Gasteiger partial charge in [0.25, 0.3) is 11.8 Å². The Morgan fingerprint density at radius 3 is 2.47 bits per heavy atom. The first kappa shape index (κ1) is 24.4. The van der Waals surface area contributed by atoms with E-state index in [2.05, 4.69) is 45.9 Å². The van der Waals surface area contributed by atoms with Crippen molar-refractivity contribution in [3.63, 3.8) is 0 Å². The van der Waals surface area contributed by atoms with Crippen LogP contribution >= 0.6 is 0 Å². The Balaban J connectivity index is 1.99. The average molecular weight is 414 g/mol. The van der Waals surface area contributed by atoms with Gasteiger partial charge in [-0.1, -0.05) is 55.4 Å². The van der Waals surface area contributed by atoms with Crippen LogP contribution in [0.3, 0.4) is 0 Å². The van der Waals surface area contributed by atoms with Gasteiger partial charge < -0.3 is 9.47 Å². The number of nitrogens with zero attached hydrogens (tertiary/aromatic N) is 1. The third-order valence-electron chi connectivity index (χ3n) is 6.07. The van der Waals surface area contributed by atoms with E-state index in [1.54, 1.807) is 20.0 Å². The molecule has 0 aromatic carbocycles. The van der Waals surface area contributed by atoms with Crippen LogP contribution in [0.4, 0.5) is 0 Å². The summed E-state index contributed by atoms with van der Waals surface area (Å²) in [5.41, 5.74) is 5.28. The van der Waals surface area contributed by atoms with Crippen LogP contribution in [0.15, 0.2) is 58.7 Å². The summed E-state index contributed by atoms with van der Waals surface area (Å²) in [7, 11) is 1.70. The topological polar surface area (TPSA) is 38.8 Å². The molecule has 0 N–H and O–H groups in total. The average Bonchev–Trinajstić information content (AvgIpc) is 3.00. The van der Waals surface area contributed by atoms with E-state index in [-0.39, 0.29) is 17.4 Å². The van der Waals surface area contributed by atoms with Crippen molar-refractivity contribution in [2.75, 3.05) is 13.7 Å². The van der Waals surface area contributed by atoms with E-state index in [9.17, 15) is 4.79 Å². The van der Waals surface area contributed by atoms with Crippen LogP contribution in [-0.4, -0.2) is 36.5 Å². The van der Waals surface area contributed by atoms with Gasteiger partial charge in [-0.25, -0.2) is 0 Å². The Labute approximate surface area is 183 Å². The van der Waals surface area contributed by atoms with Gasteiger partial charge in [0.15, 0.2) is 0 Å². The highest BCUT2D eigenvalue weighted by Gasteiger charge is 2.41. The molecule has 0 aromatic rings. The molecule has 30 heavy (non-hydrogen) atoms. The highest BCUT2D eigenvalue weighted by atomic mass is 16.8. The van der Waals surface area contributed by atoms with E-state index >= 15 is 0 Å². The van der Waals surface area contributed by atoms with E-state index in [0.717, 1.165) is 5.57 Å². The number of hydrogen-bond donors (Lipinski definition) is 0. The second kappa shape index (κ2) is 9.93. The van der Waals surface area contributed by atoms with Crippen molar-refractivity contribution in [3.8, 4) is 0 Å². The molecule has 4 heteroatoms. The second-order valence-corrected chi connectivity index (χ2v) is 9.46. The van der Waals surface area contributed by atoms with Crippen LogP contribution in [-0.2, 0) is 14.3 Å². The van der Waals surface area contributed by atoms with Crippen molar-refractivity contribution >= 4 is 5.91 Å². The molecule has 1 aliphatic heterocycles. The van der Waals surface area contributed by atoms with Gasteiger partial charge in [-0.2, -0.15) is 0 Å². The molecule has 1 heterocycles. The lowest BCUT2D eigenvalue weighted by molar-refractivity contribution is -0.238. The molecule has 0 saturated carbocycles. The smallest absolute Gasteiger partial charge is 0.251 e. The molecular formula is C26H39NO3. The second-order valence-electron chi connectivity index (χ2n) is 9.46. The molecule has 1 amide bonds. The normalized spacial score (nSPS) is 28.1. The first-order chi connectivity index (χ1) is 13.9. The predicted octanol–water partition coefficient (Wildman–Crippen LogP) is 6.09. The SMILES string of the molecule is CC(C=CC1=C(C)CCCC1(C)C)=CC=CC(C)=CC(=O)N(C)C1(C)OCC(C)O1. The quantitative estimate of drug-likeness (QED) is 0.391. The molecular weight excluding hydrogens is 374 g/mol. The molecule has 0 bridgehead atoms. The van der Waals surface area contributed by atoms with Crippen molar-refractivity contribution in [2.24, 2.45) is 5.41 Å². The molecule has 166 valence electrons. The van der Waals surface area contributed by atoms with Crippen LogP contribution in [0.25, 0.3) is 0 Å². The fourth-order valence-corrected chi connectivity index (χ4v) is 4.06. The minimum Gasteiger partial charge on any atom is -0.330 e. The van der Waals surface area contributed by atoms with Crippen LogP contribution in [0.5, 0.6) is 0 Å². The van der Waals surface area contributed by atoms with Crippen LogP contribution < -0.4 is 0 Å². The van der Waals surface area contributed by atoms with E-state index in [1.807, 2.05) is 26.0 Å². The molecule has 0 spiro atoms. The molecule has 2 atom stereocenters. The van der Waals surface area contributed by atoms with Gasteiger partial charge in [-0.15, -0.1) is 0 Å². The summed E-state index contributed by atoms with van der Waals surface area (Å²) in [6, 6.07) is 0. The maximum atomic E-state index is 12.5. The molecule has 2 aliphatic rings. The molecule has 2 unspecified atom stereocenters. The zero-order valence-electron chi connectivity index (χ0n) is 20.0. The molecule has 2 rings (SSSR count). The standard InChI is InChI=1S/C26H39NO3/c1-19(14-15-23-21(3)13-10-16-25(23,5)6)11-9-12-20(2)17-24(28)27(8)26(7)29-18-22(4)30-26/h9,11-12,14-15,17,22H,10,13,16,18H2,1-8H3. The maximum Gasteiger partial charge on any atom is 0.251 e. The first-order valence-electron chi connectivity index (χ1n) is 11.0. The van der Waals surface area contributed by atoms with Gasteiger partial charge in [0.2, 0.25) is 0 Å². The zero-order valence-corrected chi connectivity index (χ0v) is 20.0. The van der Waals surface area contributed by atoms with Gasteiger partial charge >= 0.3 is 0 Å². The van der Waals surface area contributed by atoms with Crippen molar-refractivity contribution in [1.29, 1.82) is 0 Å². The van der Waals surface area contributed by atoms with Gasteiger partial charge in [-0.3, -0.25) is 9.69 Å². The van der Waals surface area contributed by atoms with E-state index < -0.39 is 5.91 Å². The van der Waals surface area contributed by atoms with Gasteiger partial charge in [0.05, 0.1) is 12.7 Å². The van der Waals surface area contributed by atoms with Crippen molar-refractivity contribution in [1.82, 2.24) is 4.90 Å². The number of likely N-dealkylation sites (N-methyl/N-ethyl adjacent to an activating group) is 1. The molecule has 1 aliphatic carbocycles. The highest BCUT2D eigenvalue weighted by molar-refractivity contribution is 5.88. The molecule has 0 aromatic heterocycles. The summed E-state index contributed by atoms with van der Waals surface area (Å²) in [6.45, 7) is 15.1. The van der Waals surface area contributed by atoms with Crippen molar-refractivity contribution in [3.05, 3.63) is 58.7 Å². The Morgan fingerprint density at radius 2 is 1.87 bits per heavy atom. The number of amides is 1. The lowest BCUT2D eigenvalue weighted by atomic mass is 9.72. The van der Waals surface area contributed by atoms with E-state index in [0.29, 0.717) is 6.61 Å². The summed E-state index contributed by atoms with van der Waals surface area (Å²) in [6.07, 6.45) is 15.8. The predicted molar refractivity (Wildman–Crippen MR) is 124 cm³/mol. The van der Waals surface area contributed by atoms with Crippen molar-refractivity contribution < 1.29 is 14.3 Å². The van der Waals surface area contributed by atoms with Crippen LogP contribution in [0, 0.1) is 5.41 Å². The van der Waals surface area contributed by atoms with Gasteiger partial charge in [0.1, 0.15) is 0 Å². The summed E-state index contributed by atoms with van der Waals surface area (Å²) in [5.74, 6) is -1.14. The maximum absolute atomic E-state index is 12.5. The summed E-state index contributed by atoms with van der Waals surface area (Å²) < 4.78 is 11.4. The third kappa shape index (κ3) is 6.29. The molecule has 4 nitrogen and oxygen atoms in total. The fraction of sp³-hybridized carbons (Fsp3) is 0.577. The number of ether oxygens (including phenoxy) is 2. The molecule has 1 fully saturated rings. The Hall–Kier alpha value is -1.91. The lowest BCUT2D eigenvalue weighted by Crippen LogP contribution is -2.48. The van der Waals surface area contributed by atoms with Crippen molar-refractivity contribution in [2.45, 2.75) is 79.7 Å². The molecule has 0 radical (unpaired) electrons. The lowest BCUT2D eigenvalue weighted by Gasteiger charge is -2.32. The summed E-state index contributed by atoms with van der Waals surface area (Å²) in [4.78, 5) is 14.0. The first-order valence-corrected chi connectivity index (χ1v) is 11.0. The Morgan fingerprint density at radius 1 is 1.17 bits per heavy atom. The number of rotatable bonds is 6. The zero-order chi connectivity index (χ0) is 22.5. The number of hydrogen-bond acceptors (Lipinski definition) is 3. The van der Waals surface area contributed by atoms with Crippen LogP contribution in [0.1, 0.15) is 67.7 Å². The summed E-state index contributed by atoms with van der Waals surface area (Å²) in [5, 5.41) is 0. The minimum absolute atomic E-state index is 0.0184. The largest absolute Gasteiger partial charge is 0.330 e. The Kier molecular flexibility index (Phi) is 8.06. The fourth-order valence-electron chi connectivity index (χ4n) is 4.06. The van der Waals surface area contributed by atoms with E-state index in [4.69, 9.17) is 9.47 Å². The minimum atomic E-state index is -1.00. The number of carbonyl (C=O) groups excluding carboxylic acids is 1. The highest BCUT2D eigenvalue weighted by Crippen LogP contribution is 2.40. The van der Waals surface area contributed by atoms with Gasteiger partial charge in [0, 0.05) is 20.0 Å². The monoisotopic (exact) mass is 413 g/mol. The molecule has 1 saturated heterocycles. The van der Waals surface area contributed by atoms with Crippen LogP contribution in [0.2, 0.25) is 0 Å². The van der Waals surface area contributed by atoms with E-state index in [1.165, 1.54) is 40.9 Å². The summed E-state index contributed by atoms with van der Waals surface area (Å²) >= 11 is 0. The number of allylic oxidation sites excluding steroid dienone is 9. The van der Waals surface area contributed by atoms with Gasteiger partial charge in [-0.05, 0) is 63.5 Å². The number of carbonyl (C=O) groups is 1. The Bertz CT molecular complexity index is 797. The third-order valence-corrected chi connectivity index (χ3v) is 6.07.